The average Bonchev–Trinajstić information content (AvgIpc) is 2.39. The van der Waals surface area contributed by atoms with Gasteiger partial charge in [0, 0.05) is 17.5 Å². The molecule has 18 heavy (non-hydrogen) atoms. The van der Waals surface area contributed by atoms with E-state index < -0.39 is 11.4 Å². The molecule has 1 atom stereocenters. The first-order valence-corrected chi connectivity index (χ1v) is 5.84. The summed E-state index contributed by atoms with van der Waals surface area (Å²) < 4.78 is 12.9. The number of halogens is 1. The lowest BCUT2D eigenvalue weighted by Gasteiger charge is -2.26. The lowest BCUT2D eigenvalue weighted by molar-refractivity contribution is 0.0714. The van der Waals surface area contributed by atoms with Gasteiger partial charge in [0.2, 0.25) is 0 Å². The van der Waals surface area contributed by atoms with E-state index in [1.807, 2.05) is 26.0 Å². The van der Waals surface area contributed by atoms with Crippen LogP contribution in [0.3, 0.4) is 0 Å². The molecule has 94 valence electrons. The Hall–Kier alpha value is -1.81. The molecule has 0 aliphatic carbocycles. The van der Waals surface area contributed by atoms with E-state index in [9.17, 15) is 9.50 Å². The summed E-state index contributed by atoms with van der Waals surface area (Å²) in [5.74, 6) is -0.417. The Labute approximate surface area is 105 Å². The van der Waals surface area contributed by atoms with Gasteiger partial charge in [-0.15, -0.1) is 0 Å². The second-order valence-corrected chi connectivity index (χ2v) is 4.26. The number of hydrogen-bond donors (Lipinski definition) is 1. The van der Waals surface area contributed by atoms with Crippen LogP contribution in [-0.4, -0.2) is 15.1 Å². The number of aryl methyl sites for hydroxylation is 1. The summed E-state index contributed by atoms with van der Waals surface area (Å²) >= 11 is 0. The summed E-state index contributed by atoms with van der Waals surface area (Å²) in [7, 11) is 0. The van der Waals surface area contributed by atoms with Crippen molar-refractivity contribution in [1.29, 1.82) is 0 Å². The van der Waals surface area contributed by atoms with E-state index in [1.54, 1.807) is 6.20 Å². The van der Waals surface area contributed by atoms with E-state index in [4.69, 9.17) is 0 Å². The molecule has 2 heterocycles. The fourth-order valence-corrected chi connectivity index (χ4v) is 1.87. The molecule has 2 aromatic heterocycles. The standard InChI is InChI=1S/C14H15FN2O/c1-3-14(18,11-5-4-10(2)16-8-11)13-7-6-12(15)9-17-13/h4-9,18H,3H2,1-2H3. The molecule has 1 unspecified atom stereocenters. The molecule has 3 nitrogen and oxygen atoms in total. The van der Waals surface area contributed by atoms with Crippen LogP contribution in [0.25, 0.3) is 0 Å². The zero-order valence-electron chi connectivity index (χ0n) is 10.4. The maximum Gasteiger partial charge on any atom is 0.141 e. The smallest absolute Gasteiger partial charge is 0.141 e. The first-order chi connectivity index (χ1) is 8.56. The van der Waals surface area contributed by atoms with Gasteiger partial charge in [-0.1, -0.05) is 13.0 Å². The largest absolute Gasteiger partial charge is 0.379 e. The molecule has 0 saturated heterocycles. The van der Waals surface area contributed by atoms with Gasteiger partial charge in [0.25, 0.3) is 0 Å². The van der Waals surface area contributed by atoms with E-state index in [0.717, 1.165) is 11.9 Å². The Morgan fingerprint density at radius 3 is 2.44 bits per heavy atom. The van der Waals surface area contributed by atoms with Crippen LogP contribution < -0.4 is 0 Å². The second-order valence-electron chi connectivity index (χ2n) is 4.26. The van der Waals surface area contributed by atoms with Crippen LogP contribution in [0.15, 0.2) is 36.7 Å². The molecule has 1 N–H and O–H groups in total. The minimum Gasteiger partial charge on any atom is -0.379 e. The highest BCUT2D eigenvalue weighted by molar-refractivity contribution is 5.30. The zero-order valence-corrected chi connectivity index (χ0v) is 10.4. The minimum atomic E-state index is -1.23. The molecule has 0 radical (unpaired) electrons. The van der Waals surface area contributed by atoms with Gasteiger partial charge in [-0.05, 0) is 31.5 Å². The second kappa shape index (κ2) is 4.82. The van der Waals surface area contributed by atoms with Crippen LogP contribution in [0, 0.1) is 12.7 Å². The van der Waals surface area contributed by atoms with Crippen molar-refractivity contribution in [3.8, 4) is 0 Å². The lowest BCUT2D eigenvalue weighted by Crippen LogP contribution is -2.27. The number of hydrogen-bond acceptors (Lipinski definition) is 3. The summed E-state index contributed by atoms with van der Waals surface area (Å²) in [6.45, 7) is 3.73. The van der Waals surface area contributed by atoms with Gasteiger partial charge in [0.15, 0.2) is 0 Å². The van der Waals surface area contributed by atoms with E-state index in [1.165, 1.54) is 12.1 Å². The number of aliphatic hydroxyl groups is 1. The first-order valence-electron chi connectivity index (χ1n) is 5.84. The van der Waals surface area contributed by atoms with Crippen molar-refractivity contribution in [1.82, 2.24) is 9.97 Å². The Morgan fingerprint density at radius 1 is 1.17 bits per heavy atom. The number of nitrogens with zero attached hydrogens (tertiary/aromatic N) is 2. The third-order valence-electron chi connectivity index (χ3n) is 3.05. The van der Waals surface area contributed by atoms with Crippen LogP contribution in [0.4, 0.5) is 4.39 Å². The van der Waals surface area contributed by atoms with Crippen molar-refractivity contribution >= 4 is 0 Å². The number of pyridine rings is 2. The molecule has 2 aromatic rings. The molecule has 4 heteroatoms. The molecule has 2 rings (SSSR count). The van der Waals surface area contributed by atoms with Crippen LogP contribution in [-0.2, 0) is 5.60 Å². The molecule has 0 aromatic carbocycles. The first kappa shape index (κ1) is 12.6. The number of aromatic nitrogens is 2. The summed E-state index contributed by atoms with van der Waals surface area (Å²) in [6, 6.07) is 6.44. The van der Waals surface area contributed by atoms with E-state index in [2.05, 4.69) is 9.97 Å². The van der Waals surface area contributed by atoms with Gasteiger partial charge in [-0.2, -0.15) is 0 Å². The molecule has 0 bridgehead atoms. The van der Waals surface area contributed by atoms with Crippen molar-refractivity contribution in [3.63, 3.8) is 0 Å². The minimum absolute atomic E-state index is 0.417. The molecule has 0 fully saturated rings. The van der Waals surface area contributed by atoms with E-state index >= 15 is 0 Å². The number of rotatable bonds is 3. The van der Waals surface area contributed by atoms with Crippen molar-refractivity contribution in [2.24, 2.45) is 0 Å². The van der Waals surface area contributed by atoms with E-state index in [-0.39, 0.29) is 0 Å². The quantitative estimate of drug-likeness (QED) is 0.905. The molecular formula is C14H15FN2O. The van der Waals surface area contributed by atoms with Crippen molar-refractivity contribution in [2.45, 2.75) is 25.9 Å². The molecule has 0 spiro atoms. The summed E-state index contributed by atoms with van der Waals surface area (Å²) in [5.41, 5.74) is 0.741. The van der Waals surface area contributed by atoms with Crippen molar-refractivity contribution in [2.75, 3.05) is 0 Å². The Kier molecular flexibility index (Phi) is 3.39. The Bertz CT molecular complexity index is 477. The van der Waals surface area contributed by atoms with Gasteiger partial charge in [0.1, 0.15) is 11.4 Å². The van der Waals surface area contributed by atoms with Gasteiger partial charge in [-0.25, -0.2) is 4.39 Å². The topological polar surface area (TPSA) is 46.0 Å². The normalized spacial score (nSPS) is 14.2. The van der Waals surface area contributed by atoms with Crippen LogP contribution in [0.5, 0.6) is 0 Å². The maximum absolute atomic E-state index is 12.9. The highest BCUT2D eigenvalue weighted by Crippen LogP contribution is 2.31. The van der Waals surface area contributed by atoms with Gasteiger partial charge in [0.05, 0.1) is 11.9 Å². The highest BCUT2D eigenvalue weighted by atomic mass is 19.1. The fourth-order valence-electron chi connectivity index (χ4n) is 1.87. The summed E-state index contributed by atoms with van der Waals surface area (Å²) in [6.07, 6.45) is 3.18. The van der Waals surface area contributed by atoms with Gasteiger partial charge >= 0.3 is 0 Å². The fraction of sp³-hybridized carbons (Fsp3) is 0.286. The third kappa shape index (κ3) is 2.24. The monoisotopic (exact) mass is 246 g/mol. The third-order valence-corrected chi connectivity index (χ3v) is 3.05. The Morgan fingerprint density at radius 2 is 1.94 bits per heavy atom. The predicted molar refractivity (Wildman–Crippen MR) is 66.5 cm³/mol. The summed E-state index contributed by atoms with van der Waals surface area (Å²) in [5, 5.41) is 10.7. The van der Waals surface area contributed by atoms with Crippen LogP contribution >= 0.6 is 0 Å². The molecule has 0 aliphatic heterocycles. The highest BCUT2D eigenvalue weighted by Gasteiger charge is 2.31. The van der Waals surface area contributed by atoms with E-state index in [0.29, 0.717) is 17.7 Å². The molecule has 0 saturated carbocycles. The van der Waals surface area contributed by atoms with Crippen LogP contribution in [0.2, 0.25) is 0 Å². The lowest BCUT2D eigenvalue weighted by atomic mass is 9.88. The maximum atomic E-state index is 12.9. The van der Waals surface area contributed by atoms with Gasteiger partial charge in [-0.3, -0.25) is 9.97 Å². The van der Waals surface area contributed by atoms with Crippen LogP contribution in [0.1, 0.15) is 30.3 Å². The van der Waals surface area contributed by atoms with Crippen molar-refractivity contribution < 1.29 is 9.50 Å². The molecule has 0 aliphatic rings. The van der Waals surface area contributed by atoms with Crippen molar-refractivity contribution in [3.05, 3.63) is 59.4 Å². The molecular weight excluding hydrogens is 231 g/mol. The Balaban J connectivity index is 2.47. The predicted octanol–water partition coefficient (Wildman–Crippen LogP) is 2.57. The molecule has 0 amide bonds. The zero-order chi connectivity index (χ0) is 13.2. The van der Waals surface area contributed by atoms with Gasteiger partial charge < -0.3 is 5.11 Å². The average molecular weight is 246 g/mol. The SMILES string of the molecule is CCC(O)(c1ccc(C)nc1)c1ccc(F)cn1. The summed E-state index contributed by atoms with van der Waals surface area (Å²) in [4.78, 5) is 8.14.